The molecule has 28 heavy (non-hydrogen) atoms. The summed E-state index contributed by atoms with van der Waals surface area (Å²) in [5.74, 6) is -0.214. The smallest absolute Gasteiger partial charge is 0.418 e. The first-order chi connectivity index (χ1) is 13.1. The Morgan fingerprint density at radius 3 is 2.46 bits per heavy atom. The Labute approximate surface area is 166 Å². The maximum atomic E-state index is 12.2. The Bertz CT molecular complexity index is 795. The quantitative estimate of drug-likeness (QED) is 0.507. The number of hydrogen-bond donors (Lipinski definition) is 0. The summed E-state index contributed by atoms with van der Waals surface area (Å²) in [5.41, 5.74) is 0.440. The van der Waals surface area contributed by atoms with Gasteiger partial charge in [-0.25, -0.2) is 9.59 Å². The highest BCUT2D eigenvalue weighted by Crippen LogP contribution is 2.67. The Kier molecular flexibility index (Phi) is 4.36. The van der Waals surface area contributed by atoms with Crippen LogP contribution in [-0.2, 0) is 23.9 Å². The molecule has 0 saturated heterocycles. The predicted octanol–water partition coefficient (Wildman–Crippen LogP) is 3.77. The third-order valence-electron chi connectivity index (χ3n) is 8.76. The summed E-state index contributed by atoms with van der Waals surface area (Å²) >= 11 is 0. The van der Waals surface area contributed by atoms with Gasteiger partial charge in [-0.15, -0.1) is 0 Å². The van der Waals surface area contributed by atoms with Crippen LogP contribution in [0.25, 0.3) is 0 Å². The van der Waals surface area contributed by atoms with Crippen LogP contribution < -0.4 is 0 Å². The number of rotatable bonds is 1. The highest BCUT2D eigenvalue weighted by atomic mass is 16.6. The number of ether oxygens (including phenoxy) is 2. The van der Waals surface area contributed by atoms with Crippen LogP contribution in [0.1, 0.15) is 59.3 Å². The number of fused-ring (bicyclic) bond motifs is 5. The number of carbonyl (C=O) groups is 3. The van der Waals surface area contributed by atoms with Crippen molar-refractivity contribution in [2.45, 2.75) is 64.9 Å². The van der Waals surface area contributed by atoms with E-state index in [2.05, 4.69) is 24.7 Å². The van der Waals surface area contributed by atoms with E-state index in [0.29, 0.717) is 17.8 Å². The molecule has 3 saturated carbocycles. The molecule has 3 fully saturated rings. The fraction of sp³-hybridized carbons (Fsp3) is 0.696. The second kappa shape index (κ2) is 6.30. The van der Waals surface area contributed by atoms with Crippen molar-refractivity contribution in [3.63, 3.8) is 0 Å². The molecular formula is C23H30O5. The average Bonchev–Trinajstić information content (AvgIpc) is 2.92. The van der Waals surface area contributed by atoms with E-state index in [1.54, 1.807) is 6.08 Å². The maximum Gasteiger partial charge on any atom is 0.418 e. The van der Waals surface area contributed by atoms with Gasteiger partial charge in [-0.3, -0.25) is 4.79 Å². The van der Waals surface area contributed by atoms with Crippen LogP contribution in [-0.4, -0.2) is 30.4 Å². The largest absolute Gasteiger partial charge is 0.461 e. The van der Waals surface area contributed by atoms with Gasteiger partial charge in [-0.1, -0.05) is 25.5 Å². The van der Waals surface area contributed by atoms with E-state index in [9.17, 15) is 14.4 Å². The van der Waals surface area contributed by atoms with E-state index >= 15 is 0 Å². The van der Waals surface area contributed by atoms with Crippen LogP contribution in [0, 0.1) is 28.6 Å². The standard InChI is InChI=1S/C23H30O5/c1-21-10-7-15(24)13-14(21)5-6-16-17(21)8-11-22(2)18(16)9-12-23(22,3)28-20(26)19(25)27-4/h7,10,13,16-18H,5-6,8-9,11-12H2,1-4H3/t16-,17+,18+,21+,22+,23+/m1/s1. The van der Waals surface area contributed by atoms with Crippen molar-refractivity contribution >= 4 is 17.7 Å². The number of esters is 2. The summed E-state index contributed by atoms with van der Waals surface area (Å²) in [7, 11) is 1.20. The molecule has 0 aromatic carbocycles. The van der Waals surface area contributed by atoms with Crippen LogP contribution >= 0.6 is 0 Å². The first-order valence-electron chi connectivity index (χ1n) is 10.4. The van der Waals surface area contributed by atoms with Gasteiger partial charge in [0.15, 0.2) is 5.78 Å². The van der Waals surface area contributed by atoms with E-state index in [1.807, 2.05) is 13.0 Å². The topological polar surface area (TPSA) is 69.7 Å². The fourth-order valence-corrected chi connectivity index (χ4v) is 6.92. The molecule has 0 unspecified atom stereocenters. The van der Waals surface area contributed by atoms with Crippen molar-refractivity contribution in [3.8, 4) is 0 Å². The molecule has 0 aliphatic heterocycles. The molecule has 0 radical (unpaired) electrons. The Morgan fingerprint density at radius 2 is 1.75 bits per heavy atom. The van der Waals surface area contributed by atoms with Crippen molar-refractivity contribution in [2.75, 3.05) is 7.11 Å². The summed E-state index contributed by atoms with van der Waals surface area (Å²) in [6, 6.07) is 0. The number of hydrogen-bond acceptors (Lipinski definition) is 5. The Morgan fingerprint density at radius 1 is 1.04 bits per heavy atom. The molecule has 0 amide bonds. The maximum absolute atomic E-state index is 12.2. The molecule has 5 nitrogen and oxygen atoms in total. The van der Waals surface area contributed by atoms with Gasteiger partial charge >= 0.3 is 11.9 Å². The van der Waals surface area contributed by atoms with E-state index in [0.717, 1.165) is 38.5 Å². The number of allylic oxidation sites excluding steroid dienone is 4. The van der Waals surface area contributed by atoms with Crippen molar-refractivity contribution < 1.29 is 23.9 Å². The summed E-state index contributed by atoms with van der Waals surface area (Å²) < 4.78 is 10.3. The van der Waals surface area contributed by atoms with Gasteiger partial charge in [-0.2, -0.15) is 0 Å². The summed E-state index contributed by atoms with van der Waals surface area (Å²) in [6.45, 7) is 6.51. The van der Waals surface area contributed by atoms with Gasteiger partial charge in [0.25, 0.3) is 0 Å². The summed E-state index contributed by atoms with van der Waals surface area (Å²) in [6.07, 6.45) is 11.5. The van der Waals surface area contributed by atoms with Crippen molar-refractivity contribution in [1.82, 2.24) is 0 Å². The zero-order valence-electron chi connectivity index (χ0n) is 17.2. The predicted molar refractivity (Wildman–Crippen MR) is 103 cm³/mol. The lowest BCUT2D eigenvalue weighted by Crippen LogP contribution is -2.55. The first kappa shape index (κ1) is 19.4. The van der Waals surface area contributed by atoms with Crippen molar-refractivity contribution in [2.24, 2.45) is 28.6 Å². The van der Waals surface area contributed by atoms with Gasteiger partial charge < -0.3 is 9.47 Å². The van der Waals surface area contributed by atoms with Gasteiger partial charge in [0.1, 0.15) is 5.60 Å². The molecule has 152 valence electrons. The number of methoxy groups -OCH3 is 1. The van der Waals surface area contributed by atoms with Gasteiger partial charge in [0.05, 0.1) is 7.11 Å². The van der Waals surface area contributed by atoms with Crippen LogP contribution in [0.4, 0.5) is 0 Å². The molecule has 4 rings (SSSR count). The second-order valence-electron chi connectivity index (χ2n) is 9.71. The normalized spacial score (nSPS) is 44.1. The monoisotopic (exact) mass is 386 g/mol. The minimum atomic E-state index is -0.932. The molecule has 6 atom stereocenters. The number of ketones is 1. The molecule has 5 heteroatoms. The lowest BCUT2D eigenvalue weighted by molar-refractivity contribution is -0.189. The lowest BCUT2D eigenvalue weighted by atomic mass is 9.47. The zero-order chi connectivity index (χ0) is 20.3. The van der Waals surface area contributed by atoms with Crippen molar-refractivity contribution in [1.29, 1.82) is 0 Å². The Balaban J connectivity index is 1.61. The molecule has 0 heterocycles. The van der Waals surface area contributed by atoms with Crippen LogP contribution in [0.15, 0.2) is 23.8 Å². The van der Waals surface area contributed by atoms with Crippen LogP contribution in [0.3, 0.4) is 0 Å². The van der Waals surface area contributed by atoms with Gasteiger partial charge in [0, 0.05) is 10.8 Å². The second-order valence-corrected chi connectivity index (χ2v) is 9.71. The van der Waals surface area contributed by atoms with E-state index in [4.69, 9.17) is 4.74 Å². The molecule has 0 aromatic heterocycles. The lowest BCUT2D eigenvalue weighted by Gasteiger charge is -2.58. The molecule has 0 bridgehead atoms. The number of carbonyl (C=O) groups excluding carboxylic acids is 3. The third-order valence-corrected chi connectivity index (χ3v) is 8.76. The minimum absolute atomic E-state index is 0.0418. The molecular weight excluding hydrogens is 356 g/mol. The van der Waals surface area contributed by atoms with E-state index in [1.165, 1.54) is 12.7 Å². The van der Waals surface area contributed by atoms with E-state index in [-0.39, 0.29) is 16.6 Å². The van der Waals surface area contributed by atoms with Crippen LogP contribution in [0.2, 0.25) is 0 Å². The SMILES string of the molecule is COC(=O)C(=O)O[C@@]1(C)CC[C@H]2[C@@H]3CCC4=CC(=O)C=C[C@]4(C)[C@H]3CC[C@@]21C. The van der Waals surface area contributed by atoms with Crippen LogP contribution in [0.5, 0.6) is 0 Å². The average molecular weight is 386 g/mol. The molecule has 0 N–H and O–H groups in total. The Hall–Kier alpha value is -1.91. The summed E-state index contributed by atoms with van der Waals surface area (Å²) in [5, 5.41) is 0. The highest BCUT2D eigenvalue weighted by Gasteiger charge is 2.64. The zero-order valence-corrected chi connectivity index (χ0v) is 17.2. The summed E-state index contributed by atoms with van der Waals surface area (Å²) in [4.78, 5) is 35.7. The van der Waals surface area contributed by atoms with E-state index < -0.39 is 17.5 Å². The fourth-order valence-electron chi connectivity index (χ4n) is 6.92. The third kappa shape index (κ3) is 2.54. The van der Waals surface area contributed by atoms with Gasteiger partial charge in [0.2, 0.25) is 0 Å². The molecule has 0 aromatic rings. The van der Waals surface area contributed by atoms with Crippen molar-refractivity contribution in [3.05, 3.63) is 23.8 Å². The molecule has 4 aliphatic rings. The highest BCUT2D eigenvalue weighted by molar-refractivity contribution is 6.29. The molecule has 0 spiro atoms. The minimum Gasteiger partial charge on any atom is -0.461 e. The van der Waals surface area contributed by atoms with Gasteiger partial charge in [-0.05, 0) is 75.4 Å². The first-order valence-corrected chi connectivity index (χ1v) is 10.4. The molecule has 4 aliphatic carbocycles.